The third kappa shape index (κ3) is 5.11. The average molecular weight is 531 g/mol. The molecule has 0 N–H and O–H groups in total. The molecule has 3 aliphatic rings. The predicted octanol–water partition coefficient (Wildman–Crippen LogP) is 5.53. The van der Waals surface area contributed by atoms with Gasteiger partial charge in [0.2, 0.25) is 11.8 Å². The van der Waals surface area contributed by atoms with Gasteiger partial charge in [0.1, 0.15) is 0 Å². The number of piperidine rings is 2. The van der Waals surface area contributed by atoms with E-state index in [4.69, 9.17) is 9.72 Å². The molecule has 1 amide bonds. The number of carbonyl (C=O) groups is 1. The van der Waals surface area contributed by atoms with Gasteiger partial charge in [0.05, 0.1) is 18.5 Å². The number of pyridine rings is 1. The lowest BCUT2D eigenvalue weighted by molar-refractivity contribution is -0.0165. The van der Waals surface area contributed by atoms with Crippen molar-refractivity contribution in [1.82, 2.24) is 24.3 Å². The number of fused-ring (bicyclic) bond motifs is 3. The van der Waals surface area contributed by atoms with Gasteiger partial charge in [-0.15, -0.1) is 0 Å². The average Bonchev–Trinajstić information content (AvgIpc) is 3.30. The lowest BCUT2D eigenvalue weighted by Crippen LogP contribution is -2.63. The maximum atomic E-state index is 14.5. The van der Waals surface area contributed by atoms with E-state index in [1.54, 1.807) is 4.90 Å². The molecule has 2 atom stereocenters. The maximum Gasteiger partial charge on any atom is 0.276 e. The van der Waals surface area contributed by atoms with Crippen LogP contribution in [0.3, 0.4) is 0 Å². The maximum absolute atomic E-state index is 14.5. The van der Waals surface area contributed by atoms with Crippen LogP contribution in [0.5, 0.6) is 5.88 Å². The standard InChI is InChI=1S/C30H35FN6O2/c1-6-15-36-25(27(34-30(36)32-4)21-9-7-20(8-10-21)19(2)3)18-35-16-23-12-11-22(35)17-37(23)29(38)28-24(31)13-14-26(33-28)39-5/h6-10,13-15,19,22-23H,4,11-12,16-18H2,1-3,5H3/b15-6-. The third-order valence-corrected chi connectivity index (χ3v) is 7.77. The van der Waals surface area contributed by atoms with Gasteiger partial charge in [-0.25, -0.2) is 19.4 Å². The first-order valence-electron chi connectivity index (χ1n) is 13.4. The lowest BCUT2D eigenvalue weighted by Gasteiger charge is -2.51. The summed E-state index contributed by atoms with van der Waals surface area (Å²) in [7, 11) is 1.45. The lowest BCUT2D eigenvalue weighted by atomic mass is 9.90. The highest BCUT2D eigenvalue weighted by molar-refractivity contribution is 5.93. The molecule has 204 valence electrons. The number of aliphatic imine (C=N–C) groups is 1. The molecule has 39 heavy (non-hydrogen) atoms. The summed E-state index contributed by atoms with van der Waals surface area (Å²) in [5.74, 6) is 0.196. The fourth-order valence-corrected chi connectivity index (χ4v) is 5.65. The zero-order valence-corrected chi connectivity index (χ0v) is 23.0. The molecule has 5 heterocycles. The first-order valence-corrected chi connectivity index (χ1v) is 13.4. The number of benzene rings is 1. The van der Waals surface area contributed by atoms with Crippen molar-refractivity contribution in [3.05, 3.63) is 65.2 Å². The minimum Gasteiger partial charge on any atom is -0.481 e. The molecule has 2 bridgehead atoms. The number of rotatable bonds is 8. The highest BCUT2D eigenvalue weighted by atomic mass is 19.1. The van der Waals surface area contributed by atoms with Crippen LogP contribution in [0.1, 0.15) is 61.3 Å². The molecular weight excluding hydrogens is 495 g/mol. The van der Waals surface area contributed by atoms with E-state index in [1.807, 2.05) is 23.8 Å². The van der Waals surface area contributed by atoms with Gasteiger partial charge in [-0.3, -0.25) is 14.3 Å². The molecule has 9 heteroatoms. The number of nitrogens with zero attached hydrogens (tertiary/aromatic N) is 6. The Morgan fingerprint density at radius 2 is 1.90 bits per heavy atom. The van der Waals surface area contributed by atoms with E-state index in [1.165, 1.54) is 24.8 Å². The van der Waals surface area contributed by atoms with Crippen LogP contribution >= 0.6 is 0 Å². The molecule has 3 aromatic rings. The Labute approximate surface area is 228 Å². The number of hydrogen-bond donors (Lipinski definition) is 0. The fraction of sp³-hybridized carbons (Fsp3) is 0.400. The summed E-state index contributed by atoms with van der Waals surface area (Å²) >= 11 is 0. The minimum atomic E-state index is -0.632. The third-order valence-electron chi connectivity index (χ3n) is 7.77. The van der Waals surface area contributed by atoms with Crippen LogP contribution in [0, 0.1) is 5.82 Å². The van der Waals surface area contributed by atoms with Crippen LogP contribution in [0.25, 0.3) is 17.5 Å². The summed E-state index contributed by atoms with van der Waals surface area (Å²) in [4.78, 5) is 30.7. The molecule has 8 nitrogen and oxygen atoms in total. The Hall–Kier alpha value is -3.85. The van der Waals surface area contributed by atoms with Gasteiger partial charge < -0.3 is 9.64 Å². The number of piperazine rings is 1. The molecule has 2 aromatic heterocycles. The van der Waals surface area contributed by atoms with E-state index in [0.717, 1.165) is 29.8 Å². The van der Waals surface area contributed by atoms with Crippen LogP contribution in [0.2, 0.25) is 0 Å². The van der Waals surface area contributed by atoms with E-state index < -0.39 is 5.82 Å². The Kier molecular flexibility index (Phi) is 7.61. The van der Waals surface area contributed by atoms with Gasteiger partial charge in [-0.1, -0.05) is 44.2 Å². The second kappa shape index (κ2) is 11.1. The topological polar surface area (TPSA) is 75.8 Å². The number of imidazole rings is 1. The predicted molar refractivity (Wildman–Crippen MR) is 151 cm³/mol. The number of halogens is 1. The van der Waals surface area contributed by atoms with E-state index >= 15 is 0 Å². The Morgan fingerprint density at radius 3 is 2.51 bits per heavy atom. The van der Waals surface area contributed by atoms with Crippen LogP contribution in [0.4, 0.5) is 10.3 Å². The van der Waals surface area contributed by atoms with E-state index in [0.29, 0.717) is 31.5 Å². The Balaban J connectivity index is 1.43. The molecule has 6 rings (SSSR count). The quantitative estimate of drug-likeness (QED) is 0.358. The zero-order chi connectivity index (χ0) is 27.7. The fourth-order valence-electron chi connectivity index (χ4n) is 5.65. The van der Waals surface area contributed by atoms with Gasteiger partial charge in [-0.2, -0.15) is 0 Å². The highest BCUT2D eigenvalue weighted by Gasteiger charge is 2.42. The van der Waals surface area contributed by atoms with Crippen molar-refractivity contribution in [2.45, 2.75) is 58.2 Å². The van der Waals surface area contributed by atoms with Crippen molar-refractivity contribution < 1.29 is 13.9 Å². The van der Waals surface area contributed by atoms with Crippen LogP contribution in [-0.2, 0) is 6.54 Å². The summed E-state index contributed by atoms with van der Waals surface area (Å²) in [6, 6.07) is 11.3. The molecular formula is C30H35FN6O2. The second-order valence-electron chi connectivity index (χ2n) is 10.5. The van der Waals surface area contributed by atoms with E-state index in [9.17, 15) is 9.18 Å². The molecule has 3 aliphatic heterocycles. The normalized spacial score (nSPS) is 19.3. The number of amides is 1. The minimum absolute atomic E-state index is 0.0289. The molecule has 3 saturated heterocycles. The van der Waals surface area contributed by atoms with E-state index in [2.05, 4.69) is 59.7 Å². The van der Waals surface area contributed by atoms with Gasteiger partial charge in [0.15, 0.2) is 11.5 Å². The molecule has 0 saturated carbocycles. The Morgan fingerprint density at radius 1 is 1.15 bits per heavy atom. The molecule has 3 fully saturated rings. The summed E-state index contributed by atoms with van der Waals surface area (Å²) in [5.41, 5.74) is 4.02. The van der Waals surface area contributed by atoms with Crippen LogP contribution in [-0.4, -0.2) is 69.2 Å². The van der Waals surface area contributed by atoms with Gasteiger partial charge in [-0.05, 0) is 44.0 Å². The van der Waals surface area contributed by atoms with Crippen molar-refractivity contribution in [3.63, 3.8) is 0 Å². The summed E-state index contributed by atoms with van der Waals surface area (Å²) in [5, 5.41) is 0. The SMILES string of the molecule is C=Nc1nc(-c2ccc(C(C)C)cc2)c(CN2CC3CCC2CN3C(=O)c2nc(OC)ccc2F)n1/C=C\C. The van der Waals surface area contributed by atoms with Gasteiger partial charge >= 0.3 is 0 Å². The molecule has 2 unspecified atom stereocenters. The van der Waals surface area contributed by atoms with Crippen molar-refractivity contribution in [2.75, 3.05) is 20.2 Å². The summed E-state index contributed by atoms with van der Waals surface area (Å²) < 4.78 is 21.7. The number of hydrogen-bond acceptors (Lipinski definition) is 6. The number of aromatic nitrogens is 3. The second-order valence-corrected chi connectivity index (χ2v) is 10.5. The number of methoxy groups -OCH3 is 1. The summed E-state index contributed by atoms with van der Waals surface area (Å²) in [6.07, 6.45) is 5.76. The first kappa shape index (κ1) is 26.7. The van der Waals surface area contributed by atoms with Crippen molar-refractivity contribution in [2.24, 2.45) is 4.99 Å². The van der Waals surface area contributed by atoms with Gasteiger partial charge in [0, 0.05) is 49.5 Å². The number of ether oxygens (including phenoxy) is 1. The van der Waals surface area contributed by atoms with Crippen LogP contribution in [0.15, 0.2) is 47.5 Å². The van der Waals surface area contributed by atoms with E-state index in [-0.39, 0.29) is 29.6 Å². The number of allylic oxidation sites excluding steroid dienone is 1. The summed E-state index contributed by atoms with van der Waals surface area (Å²) in [6.45, 7) is 11.9. The molecule has 0 aliphatic carbocycles. The molecule has 0 radical (unpaired) electrons. The highest BCUT2D eigenvalue weighted by Crippen LogP contribution is 2.35. The smallest absolute Gasteiger partial charge is 0.276 e. The van der Waals surface area contributed by atoms with Crippen molar-refractivity contribution in [1.29, 1.82) is 0 Å². The molecule has 0 spiro atoms. The largest absolute Gasteiger partial charge is 0.481 e. The molecule has 1 aromatic carbocycles. The van der Waals surface area contributed by atoms with Crippen LogP contribution < -0.4 is 4.74 Å². The van der Waals surface area contributed by atoms with Crippen molar-refractivity contribution >= 4 is 24.8 Å². The van der Waals surface area contributed by atoms with Crippen molar-refractivity contribution in [3.8, 4) is 17.1 Å². The monoisotopic (exact) mass is 530 g/mol. The zero-order valence-electron chi connectivity index (χ0n) is 23.0. The Bertz CT molecular complexity index is 1400. The van der Waals surface area contributed by atoms with Gasteiger partial charge in [0.25, 0.3) is 5.91 Å². The first-order chi connectivity index (χ1) is 18.8. The number of carbonyl (C=O) groups excluding carboxylic acids is 1.